The third-order valence-electron chi connectivity index (χ3n) is 5.61. The zero-order chi connectivity index (χ0) is 28.0. The summed E-state index contributed by atoms with van der Waals surface area (Å²) >= 11 is 0. The average molecular weight is 552 g/mol. The summed E-state index contributed by atoms with van der Waals surface area (Å²) in [6.45, 7) is 6.09. The van der Waals surface area contributed by atoms with Crippen molar-refractivity contribution >= 4 is 15.9 Å². The van der Waals surface area contributed by atoms with E-state index >= 15 is 0 Å². The van der Waals surface area contributed by atoms with Crippen molar-refractivity contribution in [3.05, 3.63) is 60.4 Å². The largest absolute Gasteiger partial charge is 0.460 e. The van der Waals surface area contributed by atoms with Gasteiger partial charge in [0.15, 0.2) is 0 Å². The van der Waals surface area contributed by atoms with Crippen LogP contribution in [-0.4, -0.2) is 37.5 Å². The van der Waals surface area contributed by atoms with Crippen molar-refractivity contribution in [2.75, 3.05) is 0 Å². The highest BCUT2D eigenvalue weighted by molar-refractivity contribution is 7.88. The van der Waals surface area contributed by atoms with Crippen LogP contribution in [0.25, 0.3) is 0 Å². The Labute approximate surface area is 200 Å². The summed E-state index contributed by atoms with van der Waals surface area (Å²) in [4.78, 5) is 13.2. The van der Waals surface area contributed by atoms with E-state index in [9.17, 15) is 52.7 Å². The SMILES string of the molecule is C=CCC1(Cc2ccccc2)C(=O)CC(C)(C)C=C1OS(=O)(=O)C(F)(F)C(F)(F)C(F)(F)C(F)(F)F. The van der Waals surface area contributed by atoms with Gasteiger partial charge in [0, 0.05) is 6.42 Å². The highest BCUT2D eigenvalue weighted by Gasteiger charge is 2.86. The predicted molar refractivity (Wildman–Crippen MR) is 110 cm³/mol. The van der Waals surface area contributed by atoms with Gasteiger partial charge in [0.25, 0.3) is 0 Å². The molecule has 1 aromatic carbocycles. The lowest BCUT2D eigenvalue weighted by Crippen LogP contribution is -2.63. The summed E-state index contributed by atoms with van der Waals surface area (Å²) < 4.78 is 149. The number of halogens is 9. The Morgan fingerprint density at radius 1 is 0.972 bits per heavy atom. The number of carbonyl (C=O) groups is 1. The molecule has 1 aromatic rings. The molecule has 0 saturated heterocycles. The van der Waals surface area contributed by atoms with Gasteiger partial charge in [0.1, 0.15) is 11.5 Å². The minimum Gasteiger partial charge on any atom is -0.382 e. The van der Waals surface area contributed by atoms with Gasteiger partial charge in [-0.25, -0.2) is 0 Å². The zero-order valence-electron chi connectivity index (χ0n) is 18.8. The van der Waals surface area contributed by atoms with Gasteiger partial charge in [0.05, 0.1) is 5.41 Å². The Bertz CT molecular complexity index is 1140. The van der Waals surface area contributed by atoms with E-state index < -0.39 is 68.6 Å². The zero-order valence-corrected chi connectivity index (χ0v) is 19.6. The maximum atomic E-state index is 14.3. The van der Waals surface area contributed by atoms with Crippen molar-refractivity contribution in [3.8, 4) is 0 Å². The fraction of sp³-hybridized carbons (Fsp3) is 0.500. The first-order valence-corrected chi connectivity index (χ1v) is 11.5. The standard InChI is InChI=1S/C22H21F9O4S/c1-4-10-18(11-14-8-6-5-7-9-14)15(32)12-17(2,3)13-16(18)35-36(33,34)22(30,31)20(25,26)19(23,24)21(27,28)29/h4-9,13H,1,10-12H2,2-3H3. The topological polar surface area (TPSA) is 60.4 Å². The monoisotopic (exact) mass is 552 g/mol. The first-order chi connectivity index (χ1) is 16.1. The van der Waals surface area contributed by atoms with Crippen LogP contribution in [0.3, 0.4) is 0 Å². The van der Waals surface area contributed by atoms with Gasteiger partial charge >= 0.3 is 33.4 Å². The summed E-state index contributed by atoms with van der Waals surface area (Å²) in [5.74, 6) is -16.8. The van der Waals surface area contributed by atoms with E-state index in [0.29, 0.717) is 5.56 Å². The van der Waals surface area contributed by atoms with E-state index in [4.69, 9.17) is 0 Å². The normalized spacial score (nSPS) is 21.6. The fourth-order valence-corrected chi connectivity index (χ4v) is 4.71. The molecule has 1 unspecified atom stereocenters. The van der Waals surface area contributed by atoms with Gasteiger partial charge in [-0.15, -0.1) is 6.58 Å². The lowest BCUT2D eigenvalue weighted by molar-refractivity contribution is -0.382. The van der Waals surface area contributed by atoms with Crippen LogP contribution < -0.4 is 0 Å². The summed E-state index contributed by atoms with van der Waals surface area (Å²) in [6, 6.07) is 7.55. The van der Waals surface area contributed by atoms with E-state index in [2.05, 4.69) is 10.8 Å². The first-order valence-electron chi connectivity index (χ1n) is 10.1. The van der Waals surface area contributed by atoms with Gasteiger partial charge in [-0.1, -0.05) is 50.3 Å². The number of benzene rings is 1. The molecule has 0 heterocycles. The number of Topliss-reactive ketones (excluding diaryl/α,β-unsaturated/α-hetero) is 1. The van der Waals surface area contributed by atoms with Crippen molar-refractivity contribution in [3.63, 3.8) is 0 Å². The van der Waals surface area contributed by atoms with E-state index in [0.717, 1.165) is 12.2 Å². The number of ketones is 1. The second kappa shape index (κ2) is 9.10. The van der Waals surface area contributed by atoms with Gasteiger partial charge < -0.3 is 4.18 Å². The molecule has 0 spiro atoms. The van der Waals surface area contributed by atoms with Crippen molar-refractivity contribution in [1.82, 2.24) is 0 Å². The van der Waals surface area contributed by atoms with Crippen LogP contribution in [-0.2, 0) is 25.5 Å². The number of rotatable bonds is 9. The third kappa shape index (κ3) is 4.88. The van der Waals surface area contributed by atoms with Crippen LogP contribution in [0.1, 0.15) is 32.3 Å². The molecule has 0 fully saturated rings. The minimum atomic E-state index is -7.47. The maximum absolute atomic E-state index is 14.3. The summed E-state index contributed by atoms with van der Waals surface area (Å²) in [5.41, 5.74) is -3.04. The number of hydrogen-bond acceptors (Lipinski definition) is 4. The quantitative estimate of drug-likeness (QED) is 0.201. The van der Waals surface area contributed by atoms with Crippen LogP contribution in [0, 0.1) is 10.8 Å². The number of alkyl halides is 9. The highest BCUT2D eigenvalue weighted by Crippen LogP contribution is 2.56. The Kier molecular flexibility index (Phi) is 7.52. The lowest BCUT2D eigenvalue weighted by Gasteiger charge is -2.41. The van der Waals surface area contributed by atoms with Crippen molar-refractivity contribution < 1.29 is 56.9 Å². The third-order valence-corrected chi connectivity index (χ3v) is 6.90. The molecular weight excluding hydrogens is 531 g/mol. The van der Waals surface area contributed by atoms with Crippen LogP contribution in [0.15, 0.2) is 54.8 Å². The summed E-state index contributed by atoms with van der Waals surface area (Å²) in [7, 11) is -7.23. The molecule has 0 N–H and O–H groups in total. The molecule has 2 rings (SSSR count). The Balaban J connectivity index is 2.69. The molecule has 0 bridgehead atoms. The van der Waals surface area contributed by atoms with Crippen molar-refractivity contribution in [2.24, 2.45) is 10.8 Å². The van der Waals surface area contributed by atoms with Crippen LogP contribution in [0.2, 0.25) is 0 Å². The molecule has 1 atom stereocenters. The van der Waals surface area contributed by atoms with Crippen molar-refractivity contribution in [2.45, 2.75) is 56.4 Å². The average Bonchev–Trinajstić information content (AvgIpc) is 2.70. The van der Waals surface area contributed by atoms with Gasteiger partial charge in [-0.05, 0) is 29.9 Å². The Morgan fingerprint density at radius 2 is 1.50 bits per heavy atom. The molecule has 0 amide bonds. The molecule has 1 aliphatic rings. The molecule has 14 heteroatoms. The maximum Gasteiger partial charge on any atom is 0.460 e. The second-order valence-electron chi connectivity index (χ2n) is 9.04. The van der Waals surface area contributed by atoms with Crippen LogP contribution in [0.4, 0.5) is 39.5 Å². The molecule has 202 valence electrons. The molecular formula is C22H21F9O4S. The molecule has 0 saturated carbocycles. The van der Waals surface area contributed by atoms with E-state index in [1.165, 1.54) is 38.1 Å². The number of allylic oxidation sites excluding steroid dienone is 3. The van der Waals surface area contributed by atoms with Crippen LogP contribution in [0.5, 0.6) is 0 Å². The fourth-order valence-electron chi connectivity index (χ4n) is 3.72. The van der Waals surface area contributed by atoms with Crippen molar-refractivity contribution in [1.29, 1.82) is 0 Å². The van der Waals surface area contributed by atoms with E-state index in [1.54, 1.807) is 6.07 Å². The summed E-state index contributed by atoms with van der Waals surface area (Å²) in [5, 5.41) is -7.06. The highest BCUT2D eigenvalue weighted by atomic mass is 32.2. The van der Waals surface area contributed by atoms with E-state index in [1.807, 2.05) is 0 Å². The smallest absolute Gasteiger partial charge is 0.382 e. The number of hydrogen-bond donors (Lipinski definition) is 0. The van der Waals surface area contributed by atoms with E-state index in [-0.39, 0.29) is 6.42 Å². The molecule has 36 heavy (non-hydrogen) atoms. The van der Waals surface area contributed by atoms with Gasteiger partial charge in [-0.2, -0.15) is 47.9 Å². The van der Waals surface area contributed by atoms with Gasteiger partial charge in [0.2, 0.25) is 0 Å². The molecule has 0 aliphatic heterocycles. The Morgan fingerprint density at radius 3 is 1.97 bits per heavy atom. The minimum absolute atomic E-state index is 0.292. The Hall–Kier alpha value is -2.51. The van der Waals surface area contributed by atoms with Crippen LogP contribution >= 0.6 is 0 Å². The molecule has 4 nitrogen and oxygen atoms in total. The first kappa shape index (κ1) is 29.7. The second-order valence-corrected chi connectivity index (χ2v) is 10.6. The summed E-state index contributed by atoms with van der Waals surface area (Å²) in [6.07, 6.45) is -6.42. The molecule has 1 aliphatic carbocycles. The molecule has 0 aromatic heterocycles. The lowest BCUT2D eigenvalue weighted by atomic mass is 9.64. The number of carbonyl (C=O) groups excluding carboxylic acids is 1. The molecule has 0 radical (unpaired) electrons. The predicted octanol–water partition coefficient (Wildman–Crippen LogP) is 6.45. The van der Waals surface area contributed by atoms with Gasteiger partial charge in [-0.3, -0.25) is 4.79 Å².